The third-order valence-corrected chi connectivity index (χ3v) is 4.67. The van der Waals surface area contributed by atoms with Crippen molar-refractivity contribution in [2.75, 3.05) is 11.1 Å². The second-order valence-corrected chi connectivity index (χ2v) is 7.27. The molecule has 0 radical (unpaired) electrons. The van der Waals surface area contributed by atoms with Crippen molar-refractivity contribution in [3.8, 4) is 0 Å². The zero-order valence-corrected chi connectivity index (χ0v) is 16.5. The number of carbonyl (C=O) groups excluding carboxylic acids is 1. The van der Waals surface area contributed by atoms with Gasteiger partial charge in [-0.05, 0) is 54.3 Å². The molecule has 0 spiro atoms. The predicted octanol–water partition coefficient (Wildman–Crippen LogP) is 4.75. The molecule has 0 fully saturated rings. The predicted molar refractivity (Wildman–Crippen MR) is 115 cm³/mol. The van der Waals surface area contributed by atoms with Crippen molar-refractivity contribution in [3.63, 3.8) is 0 Å². The van der Waals surface area contributed by atoms with Gasteiger partial charge in [0, 0.05) is 29.3 Å². The van der Waals surface area contributed by atoms with Crippen LogP contribution in [0.2, 0.25) is 0 Å². The van der Waals surface area contributed by atoms with E-state index < -0.39 is 0 Å². The largest absolute Gasteiger partial charge is 0.399 e. The molecule has 3 N–H and O–H groups in total. The fourth-order valence-electron chi connectivity index (χ4n) is 3.24. The Labute approximate surface area is 165 Å². The van der Waals surface area contributed by atoms with E-state index in [0.717, 1.165) is 11.3 Å². The Kier molecular flexibility index (Phi) is 5.94. The van der Waals surface area contributed by atoms with Crippen LogP contribution >= 0.6 is 0 Å². The summed E-state index contributed by atoms with van der Waals surface area (Å²) in [5, 5.41) is 2.95. The molecule has 0 saturated heterocycles. The summed E-state index contributed by atoms with van der Waals surface area (Å²) in [7, 11) is 0. The van der Waals surface area contributed by atoms with Gasteiger partial charge in [0.25, 0.3) is 5.91 Å². The van der Waals surface area contributed by atoms with Gasteiger partial charge in [-0.2, -0.15) is 0 Å². The van der Waals surface area contributed by atoms with Crippen LogP contribution in [0.15, 0.2) is 72.8 Å². The number of nitrogens with one attached hydrogen (secondary N) is 1. The molecule has 1 amide bonds. The highest BCUT2D eigenvalue weighted by Crippen LogP contribution is 2.27. The molecule has 3 rings (SSSR count). The number of hydrogen-bond donors (Lipinski definition) is 2. The minimum Gasteiger partial charge on any atom is -0.399 e. The number of carbonyl (C=O) groups is 1. The van der Waals surface area contributed by atoms with Crippen molar-refractivity contribution >= 4 is 23.4 Å². The van der Waals surface area contributed by atoms with E-state index in [1.807, 2.05) is 55.0 Å². The molecule has 0 aliphatic rings. The molecule has 5 heteroatoms. The van der Waals surface area contributed by atoms with Gasteiger partial charge in [-0.3, -0.25) is 4.79 Å². The van der Waals surface area contributed by atoms with Crippen LogP contribution in [-0.4, -0.2) is 15.5 Å². The molecule has 1 heterocycles. The Balaban J connectivity index is 1.71. The van der Waals surface area contributed by atoms with E-state index in [0.29, 0.717) is 17.2 Å². The molecule has 1 aromatic heterocycles. The van der Waals surface area contributed by atoms with E-state index in [-0.39, 0.29) is 11.9 Å². The lowest BCUT2D eigenvalue weighted by Crippen LogP contribution is -2.16. The number of nitrogens with zero attached hydrogens (tertiary/aromatic N) is 2. The van der Waals surface area contributed by atoms with E-state index in [2.05, 4.69) is 40.8 Å². The number of imidazole rings is 1. The Morgan fingerprint density at radius 2 is 1.79 bits per heavy atom. The van der Waals surface area contributed by atoms with Gasteiger partial charge in [0.15, 0.2) is 0 Å². The van der Waals surface area contributed by atoms with Crippen LogP contribution in [0.3, 0.4) is 0 Å². The zero-order chi connectivity index (χ0) is 20.1. The van der Waals surface area contributed by atoms with Gasteiger partial charge in [0.2, 0.25) is 0 Å². The first kappa shape index (κ1) is 19.4. The first-order valence-corrected chi connectivity index (χ1v) is 9.36. The zero-order valence-electron chi connectivity index (χ0n) is 16.5. The normalized spacial score (nSPS) is 12.8. The van der Waals surface area contributed by atoms with Gasteiger partial charge in [-0.15, -0.1) is 0 Å². The number of amides is 1. The molecule has 3 aromatic rings. The molecule has 0 aliphatic carbocycles. The maximum Gasteiger partial charge on any atom is 0.251 e. The quantitative estimate of drug-likeness (QED) is 0.483. The average Bonchev–Trinajstić information content (AvgIpc) is 3.19. The molecule has 1 unspecified atom stereocenters. The highest BCUT2D eigenvalue weighted by Gasteiger charge is 2.17. The second-order valence-electron chi connectivity index (χ2n) is 7.27. The summed E-state index contributed by atoms with van der Waals surface area (Å²) in [5.74, 6) is 0.291. The minimum absolute atomic E-state index is 0.125. The van der Waals surface area contributed by atoms with Crippen LogP contribution in [0.25, 0.3) is 6.08 Å². The van der Waals surface area contributed by atoms with E-state index in [4.69, 9.17) is 5.73 Å². The van der Waals surface area contributed by atoms with Crippen LogP contribution in [-0.2, 0) is 4.79 Å². The monoisotopic (exact) mass is 374 g/mol. The summed E-state index contributed by atoms with van der Waals surface area (Å²) in [6.07, 6.45) is 7.45. The number of hydrogen-bond acceptors (Lipinski definition) is 3. The molecular weight excluding hydrogens is 348 g/mol. The van der Waals surface area contributed by atoms with E-state index in [9.17, 15) is 4.79 Å². The standard InChI is InChI=1S/C23H26N4O/c1-16(2)22(27-13-12-25-15-27)19-6-10-21(11-7-19)26-23(28)17(3)14-18-4-8-20(24)9-5-18/h4-16,22H,24H2,1-3H3,(H,26,28). The molecule has 0 bridgehead atoms. The minimum atomic E-state index is -0.125. The average molecular weight is 374 g/mol. The van der Waals surface area contributed by atoms with Crippen LogP contribution in [0.5, 0.6) is 0 Å². The highest BCUT2D eigenvalue weighted by atomic mass is 16.1. The summed E-state index contributed by atoms with van der Waals surface area (Å²) in [6, 6.07) is 15.6. The molecule has 5 nitrogen and oxygen atoms in total. The fourth-order valence-corrected chi connectivity index (χ4v) is 3.24. The van der Waals surface area contributed by atoms with Gasteiger partial charge in [-0.1, -0.05) is 38.1 Å². The van der Waals surface area contributed by atoms with E-state index >= 15 is 0 Å². The smallest absolute Gasteiger partial charge is 0.251 e. The number of anilines is 2. The van der Waals surface area contributed by atoms with Crippen molar-refractivity contribution < 1.29 is 4.79 Å². The topological polar surface area (TPSA) is 72.9 Å². The molecule has 1 atom stereocenters. The van der Waals surface area contributed by atoms with Crippen LogP contribution < -0.4 is 11.1 Å². The molecular formula is C23H26N4O. The SMILES string of the molecule is CC(=Cc1ccc(N)cc1)C(=O)Nc1ccc(C(C(C)C)n2ccnc2)cc1. The number of aromatic nitrogens is 2. The van der Waals surface area contributed by atoms with Gasteiger partial charge in [-0.25, -0.2) is 4.98 Å². The maximum absolute atomic E-state index is 12.5. The Bertz CT molecular complexity index is 939. The lowest BCUT2D eigenvalue weighted by molar-refractivity contribution is -0.112. The van der Waals surface area contributed by atoms with Crippen LogP contribution in [0, 0.1) is 5.92 Å². The molecule has 144 valence electrons. The molecule has 2 aromatic carbocycles. The fraction of sp³-hybridized carbons (Fsp3) is 0.217. The summed E-state index contributed by atoms with van der Waals surface area (Å²) in [4.78, 5) is 16.6. The lowest BCUT2D eigenvalue weighted by Gasteiger charge is -2.23. The first-order chi connectivity index (χ1) is 13.4. The van der Waals surface area contributed by atoms with Crippen LogP contribution in [0.4, 0.5) is 11.4 Å². The maximum atomic E-state index is 12.5. The third-order valence-electron chi connectivity index (χ3n) is 4.67. The Hall–Kier alpha value is -3.34. The third kappa shape index (κ3) is 4.68. The summed E-state index contributed by atoms with van der Waals surface area (Å²) < 4.78 is 2.11. The second kappa shape index (κ2) is 8.57. The van der Waals surface area contributed by atoms with Crippen molar-refractivity contribution in [2.24, 2.45) is 5.92 Å². The molecule has 0 saturated carbocycles. The molecule has 0 aliphatic heterocycles. The number of nitrogen functional groups attached to an aromatic ring is 1. The number of benzene rings is 2. The van der Waals surface area contributed by atoms with Gasteiger partial charge in [0.1, 0.15) is 0 Å². The summed E-state index contributed by atoms with van der Waals surface area (Å²) in [5.41, 5.74) is 9.93. The van der Waals surface area contributed by atoms with Crippen molar-refractivity contribution in [2.45, 2.75) is 26.8 Å². The van der Waals surface area contributed by atoms with Gasteiger partial charge in [0.05, 0.1) is 12.4 Å². The summed E-state index contributed by atoms with van der Waals surface area (Å²) >= 11 is 0. The van der Waals surface area contributed by atoms with Gasteiger partial charge >= 0.3 is 0 Å². The van der Waals surface area contributed by atoms with Gasteiger partial charge < -0.3 is 15.6 Å². The lowest BCUT2D eigenvalue weighted by atomic mass is 9.95. The van der Waals surface area contributed by atoms with Crippen molar-refractivity contribution in [1.29, 1.82) is 0 Å². The molecule has 28 heavy (non-hydrogen) atoms. The Morgan fingerprint density at radius 1 is 1.11 bits per heavy atom. The van der Waals surface area contributed by atoms with E-state index in [1.165, 1.54) is 5.56 Å². The number of nitrogens with two attached hydrogens (primary N) is 1. The van der Waals surface area contributed by atoms with Crippen molar-refractivity contribution in [3.05, 3.63) is 84.0 Å². The number of rotatable bonds is 6. The first-order valence-electron chi connectivity index (χ1n) is 9.36. The van der Waals surface area contributed by atoms with E-state index in [1.54, 1.807) is 13.1 Å². The highest BCUT2D eigenvalue weighted by molar-refractivity contribution is 6.06. The van der Waals surface area contributed by atoms with Crippen LogP contribution in [0.1, 0.15) is 37.9 Å². The van der Waals surface area contributed by atoms with Crippen molar-refractivity contribution in [1.82, 2.24) is 9.55 Å². The Morgan fingerprint density at radius 3 is 2.36 bits per heavy atom. The summed E-state index contributed by atoms with van der Waals surface area (Å²) in [6.45, 7) is 6.17.